The maximum absolute atomic E-state index is 12.9. The number of aliphatic hydroxyl groups is 1. The molecule has 170 valence electrons. The van der Waals surface area contributed by atoms with Crippen LogP contribution in [0.5, 0.6) is 0 Å². The smallest absolute Gasteiger partial charge is 0.390 e. The summed E-state index contributed by atoms with van der Waals surface area (Å²) in [5.41, 5.74) is 1.45. The SMILES string of the molecule is CC1CCC2CCC=CN2C=C1C1CCC(OC2CCC(C(F)(F)F)CC2)C(O)C1. The largest absolute Gasteiger partial charge is 0.391 e. The van der Waals surface area contributed by atoms with Crippen molar-refractivity contribution in [2.75, 3.05) is 0 Å². The molecular formula is C24H36F3NO2. The van der Waals surface area contributed by atoms with Gasteiger partial charge in [0.05, 0.1) is 24.2 Å². The van der Waals surface area contributed by atoms with E-state index >= 15 is 0 Å². The number of fused-ring (bicyclic) bond motifs is 1. The van der Waals surface area contributed by atoms with Crippen LogP contribution in [0.15, 0.2) is 24.0 Å². The molecule has 2 fully saturated rings. The summed E-state index contributed by atoms with van der Waals surface area (Å²) in [7, 11) is 0. The highest BCUT2D eigenvalue weighted by atomic mass is 19.4. The average Bonchev–Trinajstić information content (AvgIpc) is 2.88. The van der Waals surface area contributed by atoms with Crippen molar-refractivity contribution >= 4 is 0 Å². The molecule has 0 spiro atoms. The van der Waals surface area contributed by atoms with Crippen molar-refractivity contribution in [3.05, 3.63) is 24.0 Å². The third-order valence-electron chi connectivity index (χ3n) is 7.90. The van der Waals surface area contributed by atoms with Crippen LogP contribution in [0.4, 0.5) is 13.2 Å². The third kappa shape index (κ3) is 5.07. The van der Waals surface area contributed by atoms with Gasteiger partial charge in [0.25, 0.3) is 0 Å². The van der Waals surface area contributed by atoms with Crippen molar-refractivity contribution in [3.63, 3.8) is 0 Å². The van der Waals surface area contributed by atoms with Crippen LogP contribution in [0.3, 0.4) is 0 Å². The number of nitrogens with zero attached hydrogens (tertiary/aromatic N) is 1. The van der Waals surface area contributed by atoms with E-state index in [1.807, 2.05) is 0 Å². The molecule has 6 heteroatoms. The van der Waals surface area contributed by atoms with Crippen molar-refractivity contribution in [2.24, 2.45) is 17.8 Å². The molecule has 0 aromatic heterocycles. The molecule has 1 N–H and O–H groups in total. The van der Waals surface area contributed by atoms with Crippen molar-refractivity contribution in [2.45, 2.75) is 108 Å². The Morgan fingerprint density at radius 3 is 2.47 bits per heavy atom. The molecule has 2 saturated carbocycles. The Kier molecular flexibility index (Phi) is 6.83. The number of ether oxygens (including phenoxy) is 1. The molecule has 30 heavy (non-hydrogen) atoms. The summed E-state index contributed by atoms with van der Waals surface area (Å²) in [6.45, 7) is 2.31. The Balaban J connectivity index is 1.32. The lowest BCUT2D eigenvalue weighted by Gasteiger charge is -2.39. The van der Waals surface area contributed by atoms with Crippen LogP contribution in [0, 0.1) is 17.8 Å². The third-order valence-corrected chi connectivity index (χ3v) is 7.90. The predicted molar refractivity (Wildman–Crippen MR) is 111 cm³/mol. The number of rotatable bonds is 3. The lowest BCUT2D eigenvalue weighted by atomic mass is 9.76. The van der Waals surface area contributed by atoms with Gasteiger partial charge in [-0.1, -0.05) is 13.0 Å². The number of hydrogen-bond donors (Lipinski definition) is 1. The van der Waals surface area contributed by atoms with Gasteiger partial charge in [-0.25, -0.2) is 0 Å². The lowest BCUT2D eigenvalue weighted by Crippen LogP contribution is -2.41. The summed E-state index contributed by atoms with van der Waals surface area (Å²) in [4.78, 5) is 2.39. The summed E-state index contributed by atoms with van der Waals surface area (Å²) in [5.74, 6) is -0.296. The highest BCUT2D eigenvalue weighted by Crippen LogP contribution is 2.42. The zero-order chi connectivity index (χ0) is 21.3. The highest BCUT2D eigenvalue weighted by molar-refractivity contribution is 5.17. The second-order valence-corrected chi connectivity index (χ2v) is 9.94. The van der Waals surface area contributed by atoms with Crippen molar-refractivity contribution in [1.82, 2.24) is 4.90 Å². The number of aliphatic hydroxyl groups excluding tert-OH is 1. The maximum atomic E-state index is 12.9. The summed E-state index contributed by atoms with van der Waals surface area (Å²) >= 11 is 0. The van der Waals surface area contributed by atoms with E-state index < -0.39 is 18.2 Å². The van der Waals surface area contributed by atoms with Crippen LogP contribution in [0.1, 0.15) is 77.6 Å². The molecule has 0 amide bonds. The van der Waals surface area contributed by atoms with E-state index in [0.717, 1.165) is 19.3 Å². The lowest BCUT2D eigenvalue weighted by molar-refractivity contribution is -0.192. The molecule has 2 aliphatic heterocycles. The van der Waals surface area contributed by atoms with E-state index in [4.69, 9.17) is 4.74 Å². The van der Waals surface area contributed by atoms with Gasteiger partial charge in [-0.2, -0.15) is 13.2 Å². The van der Waals surface area contributed by atoms with Crippen LogP contribution in [0.2, 0.25) is 0 Å². The standard InChI is InChI=1S/C24H36F3NO2/c1-16-5-9-19-4-2-3-13-28(19)15-21(16)17-6-12-23(22(29)14-17)30-20-10-7-18(8-11-20)24(25,26)27/h3,13,15-20,22-23,29H,2,4-12,14H2,1H3. The predicted octanol–water partition coefficient (Wildman–Crippen LogP) is 5.95. The molecule has 0 bridgehead atoms. The molecular weight excluding hydrogens is 391 g/mol. The van der Waals surface area contributed by atoms with Crippen LogP contribution in [-0.2, 0) is 4.74 Å². The quantitative estimate of drug-likeness (QED) is 0.604. The van der Waals surface area contributed by atoms with Gasteiger partial charge in [0.15, 0.2) is 0 Å². The van der Waals surface area contributed by atoms with Gasteiger partial charge in [0, 0.05) is 12.2 Å². The van der Waals surface area contributed by atoms with E-state index in [1.165, 1.54) is 24.8 Å². The van der Waals surface area contributed by atoms with Gasteiger partial charge in [-0.3, -0.25) is 0 Å². The molecule has 0 aromatic rings. The van der Waals surface area contributed by atoms with E-state index in [0.29, 0.717) is 37.1 Å². The van der Waals surface area contributed by atoms with E-state index in [2.05, 4.69) is 30.3 Å². The molecule has 0 aromatic carbocycles. The van der Waals surface area contributed by atoms with Crippen molar-refractivity contribution in [3.8, 4) is 0 Å². The summed E-state index contributed by atoms with van der Waals surface area (Å²) in [6, 6.07) is 0.603. The zero-order valence-electron chi connectivity index (χ0n) is 18.0. The normalized spacial score (nSPS) is 40.5. The van der Waals surface area contributed by atoms with Crippen LogP contribution >= 0.6 is 0 Å². The Morgan fingerprint density at radius 1 is 1.00 bits per heavy atom. The molecule has 4 rings (SSSR count). The Morgan fingerprint density at radius 2 is 1.77 bits per heavy atom. The highest BCUT2D eigenvalue weighted by Gasteiger charge is 2.43. The van der Waals surface area contributed by atoms with Gasteiger partial charge < -0.3 is 14.7 Å². The fourth-order valence-electron chi connectivity index (χ4n) is 5.97. The van der Waals surface area contributed by atoms with Crippen LogP contribution in [-0.4, -0.2) is 40.5 Å². The van der Waals surface area contributed by atoms with Gasteiger partial charge in [-0.15, -0.1) is 0 Å². The average molecular weight is 428 g/mol. The summed E-state index contributed by atoms with van der Waals surface area (Å²) < 4.78 is 44.8. The molecule has 0 radical (unpaired) electrons. The van der Waals surface area contributed by atoms with Crippen molar-refractivity contribution < 1.29 is 23.0 Å². The second-order valence-electron chi connectivity index (χ2n) is 9.94. The minimum atomic E-state index is -4.09. The Labute approximate surface area is 178 Å². The molecule has 5 atom stereocenters. The minimum absolute atomic E-state index is 0.143. The van der Waals surface area contributed by atoms with E-state index in [1.54, 1.807) is 0 Å². The fraction of sp³-hybridized carbons (Fsp3) is 0.833. The number of alkyl halides is 3. The minimum Gasteiger partial charge on any atom is -0.390 e. The van der Waals surface area contributed by atoms with Gasteiger partial charge in [0.1, 0.15) is 0 Å². The number of halogens is 3. The zero-order valence-corrected chi connectivity index (χ0v) is 18.0. The fourth-order valence-corrected chi connectivity index (χ4v) is 5.97. The first-order valence-corrected chi connectivity index (χ1v) is 11.9. The first-order valence-electron chi connectivity index (χ1n) is 11.9. The maximum Gasteiger partial charge on any atom is 0.391 e. The molecule has 4 aliphatic rings. The van der Waals surface area contributed by atoms with E-state index in [-0.39, 0.29) is 25.0 Å². The Bertz CT molecular complexity index is 639. The van der Waals surface area contributed by atoms with Crippen LogP contribution in [0.25, 0.3) is 0 Å². The topological polar surface area (TPSA) is 32.7 Å². The number of allylic oxidation sites excluding steroid dienone is 2. The van der Waals surface area contributed by atoms with Crippen LogP contribution < -0.4 is 0 Å². The first kappa shape index (κ1) is 22.2. The molecule has 2 aliphatic carbocycles. The van der Waals surface area contributed by atoms with Gasteiger partial charge >= 0.3 is 6.18 Å². The van der Waals surface area contributed by atoms with E-state index in [9.17, 15) is 18.3 Å². The number of hydrogen-bond acceptors (Lipinski definition) is 3. The van der Waals surface area contributed by atoms with Gasteiger partial charge in [0.2, 0.25) is 0 Å². The monoisotopic (exact) mass is 427 g/mol. The molecule has 3 nitrogen and oxygen atoms in total. The first-order chi connectivity index (χ1) is 14.3. The molecule has 0 saturated heterocycles. The van der Waals surface area contributed by atoms with Crippen molar-refractivity contribution in [1.29, 1.82) is 0 Å². The summed E-state index contributed by atoms with van der Waals surface area (Å²) in [6.07, 6.45) is 10.2. The molecule has 5 unspecified atom stereocenters. The van der Waals surface area contributed by atoms with Gasteiger partial charge in [-0.05, 0) is 94.2 Å². The second kappa shape index (κ2) is 9.23. The Hall–Kier alpha value is -1.01. The molecule has 2 heterocycles. The summed E-state index contributed by atoms with van der Waals surface area (Å²) in [5, 5.41) is 10.8.